The lowest BCUT2D eigenvalue weighted by atomic mass is 10.1. The maximum absolute atomic E-state index is 12.2. The summed E-state index contributed by atoms with van der Waals surface area (Å²) in [6.45, 7) is 2.50. The average Bonchev–Trinajstić information content (AvgIpc) is 2.53. The Morgan fingerprint density at radius 2 is 1.86 bits per heavy atom. The van der Waals surface area contributed by atoms with Crippen molar-refractivity contribution in [1.29, 1.82) is 0 Å². The van der Waals surface area contributed by atoms with E-state index < -0.39 is 30.5 Å². The number of rotatable bonds is 6. The second-order valence-corrected chi connectivity index (χ2v) is 4.50. The number of aliphatic hydroxyl groups is 1. The van der Waals surface area contributed by atoms with Crippen LogP contribution < -0.4 is 0 Å². The van der Waals surface area contributed by atoms with E-state index >= 15 is 0 Å². The number of benzene rings is 1. The van der Waals surface area contributed by atoms with Crippen LogP contribution in [0, 0.1) is 0 Å². The molecule has 0 saturated heterocycles. The van der Waals surface area contributed by atoms with Gasteiger partial charge < -0.3 is 15.1 Å². The first-order chi connectivity index (χ1) is 10.5. The third kappa shape index (κ3) is 4.05. The highest BCUT2D eigenvalue weighted by molar-refractivity contribution is 5.92. The van der Waals surface area contributed by atoms with E-state index in [0.717, 1.165) is 0 Å². The summed E-state index contributed by atoms with van der Waals surface area (Å²) in [6, 6.07) is 5.04. The van der Waals surface area contributed by atoms with Crippen molar-refractivity contribution in [2.45, 2.75) is 32.7 Å². The van der Waals surface area contributed by atoms with Crippen molar-refractivity contribution in [3.63, 3.8) is 0 Å². The smallest absolute Gasteiger partial charge is 0.363 e. The molecule has 7 nitrogen and oxygen atoms in total. The van der Waals surface area contributed by atoms with E-state index in [4.69, 9.17) is 15.1 Å². The minimum atomic E-state index is -1.63. The van der Waals surface area contributed by atoms with E-state index in [-0.39, 0.29) is 12.0 Å². The van der Waals surface area contributed by atoms with E-state index in [1.807, 2.05) is 6.92 Å². The molecule has 1 aromatic carbocycles. The topological polar surface area (TPSA) is 104 Å². The molecule has 1 rings (SSSR count). The Balaban J connectivity index is 3.06. The molecule has 0 saturated carbocycles. The van der Waals surface area contributed by atoms with E-state index in [9.17, 15) is 14.4 Å². The van der Waals surface area contributed by atoms with Crippen molar-refractivity contribution in [2.75, 3.05) is 6.61 Å². The standard InChI is InChI=1S/C15H19NO6/c1-3-10-7-5-6-8-11(10)15(21)22-16(13(18)4-2)12(9-17)14(19)20/h5-8,12,17H,3-4,9H2,1-2H3,(H,19,20)/t12-/m0/s1. The number of aliphatic hydroxyl groups excluding tert-OH is 1. The van der Waals surface area contributed by atoms with Gasteiger partial charge in [-0.05, 0) is 18.1 Å². The van der Waals surface area contributed by atoms with E-state index in [0.29, 0.717) is 17.0 Å². The summed E-state index contributed by atoms with van der Waals surface area (Å²) in [7, 11) is 0. The van der Waals surface area contributed by atoms with Gasteiger partial charge in [-0.3, -0.25) is 4.79 Å². The number of hydrogen-bond acceptors (Lipinski definition) is 5. The van der Waals surface area contributed by atoms with Crippen molar-refractivity contribution >= 4 is 17.8 Å². The van der Waals surface area contributed by atoms with Gasteiger partial charge in [-0.1, -0.05) is 32.0 Å². The number of aryl methyl sites for hydroxylation is 1. The summed E-state index contributed by atoms with van der Waals surface area (Å²) in [4.78, 5) is 40.1. The van der Waals surface area contributed by atoms with Crippen LogP contribution in [-0.4, -0.2) is 45.8 Å². The average molecular weight is 309 g/mol. The normalized spacial score (nSPS) is 11.6. The van der Waals surface area contributed by atoms with E-state index in [1.165, 1.54) is 13.0 Å². The Bertz CT molecular complexity index is 557. The fraction of sp³-hybridized carbons (Fsp3) is 0.400. The summed E-state index contributed by atoms with van der Waals surface area (Å²) in [5.74, 6) is -3.00. The van der Waals surface area contributed by atoms with Gasteiger partial charge in [0.25, 0.3) is 5.91 Å². The highest BCUT2D eigenvalue weighted by Crippen LogP contribution is 2.14. The molecule has 120 valence electrons. The van der Waals surface area contributed by atoms with Gasteiger partial charge in [0.1, 0.15) is 0 Å². The molecule has 1 amide bonds. The molecule has 0 radical (unpaired) electrons. The molecule has 0 spiro atoms. The Kier molecular flexibility index (Phi) is 6.52. The van der Waals surface area contributed by atoms with Crippen LogP contribution in [0.15, 0.2) is 24.3 Å². The number of carboxylic acids is 1. The number of carboxylic acid groups (broad SMARTS) is 1. The fourth-order valence-corrected chi connectivity index (χ4v) is 1.86. The molecule has 0 aliphatic carbocycles. The zero-order valence-electron chi connectivity index (χ0n) is 12.5. The summed E-state index contributed by atoms with van der Waals surface area (Å²) in [5.41, 5.74) is 0.966. The number of amides is 1. The number of carbonyl (C=O) groups excluding carboxylic acids is 2. The summed E-state index contributed by atoms with van der Waals surface area (Å²) in [6.07, 6.45) is 0.516. The maximum atomic E-state index is 12.2. The molecule has 1 atom stereocenters. The first-order valence-electron chi connectivity index (χ1n) is 6.92. The number of nitrogens with zero attached hydrogens (tertiary/aromatic N) is 1. The SMILES string of the molecule is CCC(=O)N(OC(=O)c1ccccc1CC)[C@@H](CO)C(=O)O. The molecular formula is C15H19NO6. The highest BCUT2D eigenvalue weighted by atomic mass is 16.7. The number of hydroxylamine groups is 2. The lowest BCUT2D eigenvalue weighted by molar-refractivity contribution is -0.190. The van der Waals surface area contributed by atoms with E-state index in [2.05, 4.69) is 0 Å². The number of carbonyl (C=O) groups is 3. The van der Waals surface area contributed by atoms with Crippen LogP contribution >= 0.6 is 0 Å². The van der Waals surface area contributed by atoms with Crippen LogP contribution in [-0.2, 0) is 20.8 Å². The summed E-state index contributed by atoms with van der Waals surface area (Å²) >= 11 is 0. The van der Waals surface area contributed by atoms with Gasteiger partial charge in [0.15, 0.2) is 6.04 Å². The van der Waals surface area contributed by atoms with Crippen molar-refractivity contribution in [3.8, 4) is 0 Å². The van der Waals surface area contributed by atoms with Crippen LogP contribution in [0.1, 0.15) is 36.2 Å². The largest absolute Gasteiger partial charge is 0.480 e. The zero-order chi connectivity index (χ0) is 16.7. The minimum Gasteiger partial charge on any atom is -0.480 e. The zero-order valence-corrected chi connectivity index (χ0v) is 12.5. The maximum Gasteiger partial charge on any atom is 0.363 e. The Hall–Kier alpha value is -2.41. The molecule has 7 heteroatoms. The van der Waals surface area contributed by atoms with Crippen molar-refractivity contribution in [3.05, 3.63) is 35.4 Å². The predicted octanol–water partition coefficient (Wildman–Crippen LogP) is 1.00. The van der Waals surface area contributed by atoms with Crippen molar-refractivity contribution < 1.29 is 29.4 Å². The lowest BCUT2D eigenvalue weighted by Crippen LogP contribution is -2.48. The van der Waals surface area contributed by atoms with Gasteiger partial charge in [-0.15, -0.1) is 0 Å². The highest BCUT2D eigenvalue weighted by Gasteiger charge is 2.32. The van der Waals surface area contributed by atoms with Gasteiger partial charge in [0, 0.05) is 6.42 Å². The van der Waals surface area contributed by atoms with Crippen molar-refractivity contribution in [2.24, 2.45) is 0 Å². The molecule has 0 aliphatic heterocycles. The molecule has 0 heterocycles. The Morgan fingerprint density at radius 1 is 1.23 bits per heavy atom. The number of aliphatic carboxylic acids is 1. The van der Waals surface area contributed by atoms with Crippen LogP contribution in [0.4, 0.5) is 0 Å². The first-order valence-corrected chi connectivity index (χ1v) is 6.92. The summed E-state index contributed by atoms with van der Waals surface area (Å²) in [5, 5.41) is 18.6. The van der Waals surface area contributed by atoms with Gasteiger partial charge in [0.2, 0.25) is 0 Å². The third-order valence-electron chi connectivity index (χ3n) is 3.09. The first kappa shape index (κ1) is 17.6. The predicted molar refractivity (Wildman–Crippen MR) is 76.9 cm³/mol. The second kappa shape index (κ2) is 8.14. The monoisotopic (exact) mass is 309 g/mol. The Morgan fingerprint density at radius 3 is 2.36 bits per heavy atom. The molecule has 0 unspecified atom stereocenters. The molecule has 22 heavy (non-hydrogen) atoms. The second-order valence-electron chi connectivity index (χ2n) is 4.50. The third-order valence-corrected chi connectivity index (χ3v) is 3.09. The molecular weight excluding hydrogens is 290 g/mol. The molecule has 2 N–H and O–H groups in total. The molecule has 1 aromatic rings. The van der Waals surface area contributed by atoms with Crippen LogP contribution in [0.2, 0.25) is 0 Å². The molecule has 0 fully saturated rings. The van der Waals surface area contributed by atoms with Crippen LogP contribution in [0.25, 0.3) is 0 Å². The summed E-state index contributed by atoms with van der Waals surface area (Å²) < 4.78 is 0. The van der Waals surface area contributed by atoms with Crippen LogP contribution in [0.3, 0.4) is 0 Å². The molecule has 0 aliphatic rings. The number of hydrogen-bond donors (Lipinski definition) is 2. The fourth-order valence-electron chi connectivity index (χ4n) is 1.86. The molecule has 0 aromatic heterocycles. The van der Waals surface area contributed by atoms with Gasteiger partial charge in [0.05, 0.1) is 12.2 Å². The van der Waals surface area contributed by atoms with Gasteiger partial charge in [-0.25, -0.2) is 9.59 Å². The quantitative estimate of drug-likeness (QED) is 0.760. The lowest BCUT2D eigenvalue weighted by Gasteiger charge is -2.25. The van der Waals surface area contributed by atoms with Crippen molar-refractivity contribution in [1.82, 2.24) is 5.06 Å². The minimum absolute atomic E-state index is 0.0630. The Labute approximate surface area is 128 Å². The van der Waals surface area contributed by atoms with Crippen LogP contribution in [0.5, 0.6) is 0 Å². The van der Waals surface area contributed by atoms with Gasteiger partial charge >= 0.3 is 11.9 Å². The van der Waals surface area contributed by atoms with E-state index in [1.54, 1.807) is 18.2 Å². The molecule has 0 bridgehead atoms. The van der Waals surface area contributed by atoms with Gasteiger partial charge in [-0.2, -0.15) is 5.06 Å².